The average molecular weight is 242 g/mol. The van der Waals surface area contributed by atoms with Gasteiger partial charge in [-0.05, 0) is 30.9 Å². The molecule has 0 nitrogen and oxygen atoms in total. The van der Waals surface area contributed by atoms with Gasteiger partial charge in [0, 0.05) is 0 Å². The fourth-order valence-corrected chi connectivity index (χ4v) is 2.10. The molecule has 1 rings (SSSR count). The molecule has 0 aliphatic carbocycles. The molecule has 0 heteroatoms. The molecule has 98 valence electrons. The molecule has 0 amide bonds. The van der Waals surface area contributed by atoms with Crippen LogP contribution in [0.15, 0.2) is 48.6 Å². The highest BCUT2D eigenvalue weighted by Gasteiger charge is 1.96. The van der Waals surface area contributed by atoms with Crippen LogP contribution >= 0.6 is 0 Å². The van der Waals surface area contributed by atoms with Crippen molar-refractivity contribution in [3.8, 4) is 0 Å². The maximum Gasteiger partial charge on any atom is -0.0187 e. The Labute approximate surface area is 112 Å². The van der Waals surface area contributed by atoms with Crippen LogP contribution in [-0.2, 0) is 0 Å². The second kappa shape index (κ2) is 9.70. The summed E-state index contributed by atoms with van der Waals surface area (Å²) in [6.07, 6.45) is 14.7. The maximum atomic E-state index is 2.38. The highest BCUT2D eigenvalue weighted by Crippen LogP contribution is 2.17. The average Bonchev–Trinajstić information content (AvgIpc) is 2.42. The van der Waals surface area contributed by atoms with Crippen LogP contribution in [0.5, 0.6) is 0 Å². The summed E-state index contributed by atoms with van der Waals surface area (Å²) in [5.41, 5.74) is 2.68. The van der Waals surface area contributed by atoms with Crippen LogP contribution in [0.1, 0.15) is 57.9 Å². The molecule has 0 heterocycles. The van der Waals surface area contributed by atoms with E-state index in [9.17, 15) is 0 Å². The summed E-state index contributed by atoms with van der Waals surface area (Å²) in [7, 11) is 0. The molecule has 0 saturated heterocycles. The Balaban J connectivity index is 2.47. The normalized spacial score (nSPS) is 12.2. The zero-order valence-corrected chi connectivity index (χ0v) is 11.9. The van der Waals surface area contributed by atoms with Crippen LogP contribution in [0.4, 0.5) is 0 Å². The van der Waals surface area contributed by atoms with E-state index in [0.717, 1.165) is 0 Å². The number of allylic oxidation sites excluding steroid dienone is 4. The van der Waals surface area contributed by atoms with E-state index in [1.165, 1.54) is 49.7 Å². The lowest BCUT2D eigenvalue weighted by Gasteiger charge is -2.03. The van der Waals surface area contributed by atoms with Gasteiger partial charge in [-0.2, -0.15) is 0 Å². The summed E-state index contributed by atoms with van der Waals surface area (Å²) in [5.74, 6) is 0. The van der Waals surface area contributed by atoms with E-state index in [0.29, 0.717) is 0 Å². The highest BCUT2D eigenvalue weighted by molar-refractivity contribution is 5.73. The topological polar surface area (TPSA) is 0 Å². The second-order valence-electron chi connectivity index (χ2n) is 4.73. The predicted molar refractivity (Wildman–Crippen MR) is 82.6 cm³/mol. The van der Waals surface area contributed by atoms with Gasteiger partial charge in [-0.15, -0.1) is 0 Å². The Morgan fingerprint density at radius 3 is 2.39 bits per heavy atom. The van der Waals surface area contributed by atoms with Crippen LogP contribution in [0.3, 0.4) is 0 Å². The van der Waals surface area contributed by atoms with Crippen molar-refractivity contribution in [1.29, 1.82) is 0 Å². The highest BCUT2D eigenvalue weighted by atomic mass is 14.0. The lowest BCUT2D eigenvalue weighted by atomic mass is 10.0. The third kappa shape index (κ3) is 5.86. The van der Waals surface area contributed by atoms with E-state index in [2.05, 4.69) is 62.4 Å². The van der Waals surface area contributed by atoms with E-state index in [1.807, 2.05) is 0 Å². The minimum absolute atomic E-state index is 1.19. The number of benzene rings is 1. The third-order valence-corrected chi connectivity index (χ3v) is 3.13. The fourth-order valence-electron chi connectivity index (χ4n) is 2.10. The molecule has 0 N–H and O–H groups in total. The standard InChI is InChI=1S/C18H26/c1-3-5-6-7-8-10-14-17(13-4-2)18-15-11-9-12-16-18/h4,9,11-16H,3,5-8,10H2,1-2H3/b13-4-,17-14+. The Morgan fingerprint density at radius 1 is 1.00 bits per heavy atom. The van der Waals surface area contributed by atoms with Crippen molar-refractivity contribution in [1.82, 2.24) is 0 Å². The minimum atomic E-state index is 1.19. The van der Waals surface area contributed by atoms with Gasteiger partial charge < -0.3 is 0 Å². The first kappa shape index (κ1) is 14.8. The Bertz CT molecular complexity index is 357. The molecule has 0 aliphatic rings. The monoisotopic (exact) mass is 242 g/mol. The first-order valence-electron chi connectivity index (χ1n) is 7.26. The van der Waals surface area contributed by atoms with Gasteiger partial charge in [-0.3, -0.25) is 0 Å². The molecule has 0 spiro atoms. The molecule has 0 aromatic heterocycles. The lowest BCUT2D eigenvalue weighted by Crippen LogP contribution is -1.82. The van der Waals surface area contributed by atoms with Gasteiger partial charge in [0.25, 0.3) is 0 Å². The van der Waals surface area contributed by atoms with Gasteiger partial charge in [-0.1, -0.05) is 81.2 Å². The van der Waals surface area contributed by atoms with E-state index in [1.54, 1.807) is 0 Å². The van der Waals surface area contributed by atoms with Gasteiger partial charge in [0.1, 0.15) is 0 Å². The van der Waals surface area contributed by atoms with Crippen LogP contribution < -0.4 is 0 Å². The third-order valence-electron chi connectivity index (χ3n) is 3.13. The second-order valence-corrected chi connectivity index (χ2v) is 4.73. The van der Waals surface area contributed by atoms with Crippen molar-refractivity contribution in [2.24, 2.45) is 0 Å². The van der Waals surface area contributed by atoms with E-state index in [4.69, 9.17) is 0 Å². The maximum absolute atomic E-state index is 2.38. The molecular formula is C18H26. The van der Waals surface area contributed by atoms with Crippen molar-refractivity contribution in [3.05, 3.63) is 54.1 Å². The molecule has 1 aromatic carbocycles. The number of hydrogen-bond donors (Lipinski definition) is 0. The zero-order valence-electron chi connectivity index (χ0n) is 11.9. The summed E-state index contributed by atoms with van der Waals surface area (Å²) >= 11 is 0. The summed E-state index contributed by atoms with van der Waals surface area (Å²) in [6.45, 7) is 4.34. The quantitative estimate of drug-likeness (QED) is 0.387. The molecule has 1 aromatic rings. The van der Waals surface area contributed by atoms with Crippen molar-refractivity contribution in [3.63, 3.8) is 0 Å². The molecule has 0 unspecified atom stereocenters. The summed E-state index contributed by atoms with van der Waals surface area (Å²) in [5, 5.41) is 0. The largest absolute Gasteiger partial charge is 0.0871 e. The van der Waals surface area contributed by atoms with Gasteiger partial charge in [0.2, 0.25) is 0 Å². The fraction of sp³-hybridized carbons (Fsp3) is 0.444. The zero-order chi connectivity index (χ0) is 13.1. The van der Waals surface area contributed by atoms with Crippen LogP contribution in [0, 0.1) is 0 Å². The summed E-state index contributed by atoms with van der Waals surface area (Å²) in [4.78, 5) is 0. The molecular weight excluding hydrogens is 216 g/mol. The van der Waals surface area contributed by atoms with Crippen molar-refractivity contribution >= 4 is 5.57 Å². The minimum Gasteiger partial charge on any atom is -0.0871 e. The number of unbranched alkanes of at least 4 members (excludes halogenated alkanes) is 5. The molecule has 18 heavy (non-hydrogen) atoms. The molecule has 0 fully saturated rings. The first-order chi connectivity index (χ1) is 8.88. The SMILES string of the molecule is C/C=C\C(=C/CCCCCCC)c1ccccc1. The van der Waals surface area contributed by atoms with Gasteiger partial charge in [0.05, 0.1) is 0 Å². The smallest absolute Gasteiger partial charge is 0.0187 e. The van der Waals surface area contributed by atoms with Gasteiger partial charge in [0.15, 0.2) is 0 Å². The van der Waals surface area contributed by atoms with Crippen LogP contribution in [-0.4, -0.2) is 0 Å². The van der Waals surface area contributed by atoms with Crippen LogP contribution in [0.25, 0.3) is 5.57 Å². The van der Waals surface area contributed by atoms with Crippen molar-refractivity contribution in [2.75, 3.05) is 0 Å². The number of rotatable bonds is 8. The van der Waals surface area contributed by atoms with Crippen molar-refractivity contribution in [2.45, 2.75) is 52.4 Å². The Hall–Kier alpha value is -1.30. The Morgan fingerprint density at radius 2 is 1.72 bits per heavy atom. The van der Waals surface area contributed by atoms with E-state index >= 15 is 0 Å². The lowest BCUT2D eigenvalue weighted by molar-refractivity contribution is 0.638. The molecule has 0 saturated carbocycles. The Kier molecular flexibility index (Phi) is 7.96. The molecule has 0 radical (unpaired) electrons. The van der Waals surface area contributed by atoms with Crippen molar-refractivity contribution < 1.29 is 0 Å². The molecule has 0 atom stereocenters. The van der Waals surface area contributed by atoms with E-state index in [-0.39, 0.29) is 0 Å². The first-order valence-corrected chi connectivity index (χ1v) is 7.26. The number of hydrogen-bond acceptors (Lipinski definition) is 0. The van der Waals surface area contributed by atoms with Gasteiger partial charge >= 0.3 is 0 Å². The molecule has 0 aliphatic heterocycles. The van der Waals surface area contributed by atoms with Gasteiger partial charge in [-0.25, -0.2) is 0 Å². The summed E-state index contributed by atoms with van der Waals surface area (Å²) < 4.78 is 0. The van der Waals surface area contributed by atoms with Crippen LogP contribution in [0.2, 0.25) is 0 Å². The predicted octanol–water partition coefficient (Wildman–Crippen LogP) is 6.01. The summed E-state index contributed by atoms with van der Waals surface area (Å²) in [6, 6.07) is 10.6. The molecule has 0 bridgehead atoms. The van der Waals surface area contributed by atoms with E-state index < -0.39 is 0 Å².